The first-order valence-electron chi connectivity index (χ1n) is 10.7. The van der Waals surface area contributed by atoms with Gasteiger partial charge < -0.3 is 20.1 Å². The molecule has 3 rings (SSSR count). The number of amides is 2. The predicted molar refractivity (Wildman–Crippen MR) is 121 cm³/mol. The Morgan fingerprint density at radius 2 is 2.06 bits per heavy atom. The Bertz CT molecular complexity index is 1000. The molecule has 8 heteroatoms. The molecule has 32 heavy (non-hydrogen) atoms. The zero-order chi connectivity index (χ0) is 23.4. The van der Waals surface area contributed by atoms with Crippen molar-refractivity contribution in [3.05, 3.63) is 60.3 Å². The van der Waals surface area contributed by atoms with Crippen LogP contribution >= 0.6 is 0 Å². The monoisotopic (exact) mass is 438 g/mol. The van der Waals surface area contributed by atoms with Crippen LogP contribution < -0.4 is 10.1 Å². The minimum Gasteiger partial charge on any atom is -0.460 e. The lowest BCUT2D eigenvalue weighted by Crippen LogP contribution is -2.55. The number of aromatic nitrogens is 2. The Morgan fingerprint density at radius 3 is 2.72 bits per heavy atom. The summed E-state index contributed by atoms with van der Waals surface area (Å²) in [5.41, 5.74) is -0.986. The van der Waals surface area contributed by atoms with E-state index in [9.17, 15) is 14.7 Å². The lowest BCUT2D eigenvalue weighted by atomic mass is 9.92. The molecular weight excluding hydrogens is 408 g/mol. The average molecular weight is 439 g/mol. The zero-order valence-electron chi connectivity index (χ0n) is 19.0. The quantitative estimate of drug-likeness (QED) is 0.623. The molecule has 1 aromatic carbocycles. The second-order valence-corrected chi connectivity index (χ2v) is 8.84. The van der Waals surface area contributed by atoms with Crippen LogP contribution in [0, 0.1) is 0 Å². The van der Waals surface area contributed by atoms with E-state index < -0.39 is 11.1 Å². The summed E-state index contributed by atoms with van der Waals surface area (Å²) in [6.07, 6.45) is 7.57. The highest BCUT2D eigenvalue weighted by atomic mass is 16.5. The number of ether oxygens (including phenoxy) is 1. The van der Waals surface area contributed by atoms with Crippen molar-refractivity contribution in [2.45, 2.75) is 58.1 Å². The van der Waals surface area contributed by atoms with E-state index in [-0.39, 0.29) is 18.4 Å². The molecule has 1 atom stereocenters. The van der Waals surface area contributed by atoms with Gasteiger partial charge in [0, 0.05) is 24.9 Å². The van der Waals surface area contributed by atoms with Gasteiger partial charge in [-0.05, 0) is 44.9 Å². The van der Waals surface area contributed by atoms with Gasteiger partial charge in [0.1, 0.15) is 17.0 Å². The molecule has 1 aromatic heterocycles. The molecule has 0 saturated heterocycles. The first kappa shape index (κ1) is 23.4. The summed E-state index contributed by atoms with van der Waals surface area (Å²) in [5, 5.41) is 12.8. The first-order chi connectivity index (χ1) is 15.1. The fourth-order valence-electron chi connectivity index (χ4n) is 3.82. The number of nitrogens with zero attached hydrogens (tertiary/aromatic N) is 3. The average Bonchev–Trinajstić information content (AvgIpc) is 3.08. The maximum atomic E-state index is 13.1. The minimum atomic E-state index is -1.08. The third kappa shape index (κ3) is 5.70. The maximum Gasteiger partial charge on any atom is 0.251 e. The molecule has 0 saturated carbocycles. The predicted octanol–water partition coefficient (Wildman–Crippen LogP) is 3.09. The number of carbonyl (C=O) groups excluding carboxylic acids is 2. The molecular formula is C24H30N4O4. The Hall–Kier alpha value is -3.26. The highest BCUT2D eigenvalue weighted by molar-refractivity contribution is 6.02. The maximum absolute atomic E-state index is 13.1. The second-order valence-electron chi connectivity index (χ2n) is 8.84. The third-order valence-electron chi connectivity index (χ3n) is 5.28. The summed E-state index contributed by atoms with van der Waals surface area (Å²) < 4.78 is 5.97. The number of hydrogen-bond acceptors (Lipinski definition) is 6. The van der Waals surface area contributed by atoms with Crippen molar-refractivity contribution >= 4 is 17.6 Å². The lowest BCUT2D eigenvalue weighted by Gasteiger charge is -2.37. The highest BCUT2D eigenvalue weighted by Gasteiger charge is 2.44. The van der Waals surface area contributed by atoms with Gasteiger partial charge in [-0.3, -0.25) is 14.6 Å². The Labute approximate surface area is 188 Å². The molecule has 2 amide bonds. The van der Waals surface area contributed by atoms with Crippen molar-refractivity contribution in [3.63, 3.8) is 0 Å². The van der Waals surface area contributed by atoms with Crippen molar-refractivity contribution in [1.82, 2.24) is 14.9 Å². The van der Waals surface area contributed by atoms with Gasteiger partial charge in [0.05, 0.1) is 18.3 Å². The largest absolute Gasteiger partial charge is 0.460 e. The molecule has 2 heterocycles. The summed E-state index contributed by atoms with van der Waals surface area (Å²) >= 11 is 0. The van der Waals surface area contributed by atoms with Gasteiger partial charge in [-0.25, -0.2) is 4.98 Å². The van der Waals surface area contributed by atoms with Crippen molar-refractivity contribution in [1.29, 1.82) is 0 Å². The number of carbonyl (C=O) groups is 2. The van der Waals surface area contributed by atoms with E-state index in [1.165, 1.54) is 29.6 Å². The van der Waals surface area contributed by atoms with Crippen LogP contribution in [0.2, 0.25) is 0 Å². The van der Waals surface area contributed by atoms with E-state index in [1.807, 2.05) is 25.1 Å². The van der Waals surface area contributed by atoms with Gasteiger partial charge >= 0.3 is 0 Å². The Balaban J connectivity index is 1.74. The van der Waals surface area contributed by atoms with Gasteiger partial charge in [-0.2, -0.15) is 0 Å². The minimum absolute atomic E-state index is 0.180. The fraction of sp³-hybridized carbons (Fsp3) is 0.417. The molecule has 0 spiro atoms. The number of aliphatic hydroxyl groups is 1. The molecule has 1 aliphatic rings. The SMILES string of the molecule is CCC[C@@](C)(C(=O)Nc1cnccn1)N1CC(Oc2cccc(CC(C)(C)O)c2)=CC1=O. The Morgan fingerprint density at radius 1 is 1.28 bits per heavy atom. The lowest BCUT2D eigenvalue weighted by molar-refractivity contribution is -0.139. The first-order valence-corrected chi connectivity index (χ1v) is 10.7. The summed E-state index contributed by atoms with van der Waals surface area (Å²) in [6.45, 7) is 7.39. The van der Waals surface area contributed by atoms with E-state index in [0.29, 0.717) is 36.6 Å². The van der Waals surface area contributed by atoms with Gasteiger partial charge in [-0.15, -0.1) is 0 Å². The number of anilines is 1. The van der Waals surface area contributed by atoms with Crippen LogP contribution in [0.5, 0.6) is 5.75 Å². The molecule has 0 radical (unpaired) electrons. The molecule has 1 aliphatic heterocycles. The Kier molecular flexibility index (Phi) is 6.93. The van der Waals surface area contributed by atoms with Crippen LogP contribution in [-0.4, -0.2) is 49.5 Å². The molecule has 170 valence electrons. The van der Waals surface area contributed by atoms with Gasteiger partial charge in [0.2, 0.25) is 0 Å². The van der Waals surface area contributed by atoms with Gasteiger partial charge in [-0.1, -0.05) is 25.5 Å². The molecule has 2 aromatic rings. The zero-order valence-corrected chi connectivity index (χ0v) is 19.0. The van der Waals surface area contributed by atoms with E-state index in [0.717, 1.165) is 5.56 Å². The van der Waals surface area contributed by atoms with Crippen molar-refractivity contribution in [3.8, 4) is 5.75 Å². The number of hydrogen-bond donors (Lipinski definition) is 2. The van der Waals surface area contributed by atoms with Crippen molar-refractivity contribution in [2.24, 2.45) is 0 Å². The van der Waals surface area contributed by atoms with Crippen LogP contribution in [0.1, 0.15) is 46.1 Å². The number of benzene rings is 1. The molecule has 8 nitrogen and oxygen atoms in total. The number of rotatable bonds is 9. The van der Waals surface area contributed by atoms with Crippen LogP contribution in [0.4, 0.5) is 5.82 Å². The van der Waals surface area contributed by atoms with Gasteiger partial charge in [0.25, 0.3) is 11.8 Å². The smallest absolute Gasteiger partial charge is 0.251 e. The summed E-state index contributed by atoms with van der Waals surface area (Å²) in [6, 6.07) is 7.41. The summed E-state index contributed by atoms with van der Waals surface area (Å²) in [4.78, 5) is 35.6. The van der Waals surface area contributed by atoms with Crippen LogP contribution in [0.15, 0.2) is 54.7 Å². The standard InChI is InChI=1S/C24H30N4O4/c1-5-9-24(4,22(30)27-20-15-25-10-11-26-20)28-16-19(13-21(28)29)32-18-8-6-7-17(12-18)14-23(2,3)31/h6-8,10-13,15,31H,5,9,14,16H2,1-4H3,(H,26,27,30)/t24-/m0/s1. The third-order valence-corrected chi connectivity index (χ3v) is 5.28. The van der Waals surface area contributed by atoms with Crippen LogP contribution in [0.3, 0.4) is 0 Å². The van der Waals surface area contributed by atoms with Crippen LogP contribution in [0.25, 0.3) is 0 Å². The van der Waals surface area contributed by atoms with E-state index >= 15 is 0 Å². The van der Waals surface area contributed by atoms with Crippen molar-refractivity contribution < 1.29 is 19.4 Å². The molecule has 0 unspecified atom stereocenters. The van der Waals surface area contributed by atoms with E-state index in [4.69, 9.17) is 4.74 Å². The molecule has 0 fully saturated rings. The normalized spacial score (nSPS) is 15.8. The van der Waals surface area contributed by atoms with Crippen LogP contribution in [-0.2, 0) is 16.0 Å². The topological polar surface area (TPSA) is 105 Å². The number of nitrogens with one attached hydrogen (secondary N) is 1. The summed E-state index contributed by atoms with van der Waals surface area (Å²) in [5.74, 6) is 0.770. The second kappa shape index (κ2) is 9.48. The summed E-state index contributed by atoms with van der Waals surface area (Å²) in [7, 11) is 0. The molecule has 0 bridgehead atoms. The highest BCUT2D eigenvalue weighted by Crippen LogP contribution is 2.30. The molecule has 2 N–H and O–H groups in total. The van der Waals surface area contributed by atoms with E-state index in [2.05, 4.69) is 15.3 Å². The van der Waals surface area contributed by atoms with Gasteiger partial charge in [0.15, 0.2) is 5.82 Å². The van der Waals surface area contributed by atoms with E-state index in [1.54, 1.807) is 26.8 Å². The van der Waals surface area contributed by atoms with Crippen molar-refractivity contribution in [2.75, 3.05) is 11.9 Å². The fourth-order valence-corrected chi connectivity index (χ4v) is 3.82. The molecule has 0 aliphatic carbocycles.